The van der Waals surface area contributed by atoms with Crippen molar-refractivity contribution in [1.82, 2.24) is 14.8 Å². The first-order valence-corrected chi connectivity index (χ1v) is 9.06. The Bertz CT molecular complexity index is 711. The standard InChI is InChI=1S/C20H27N5O/c1-23(2)9-8-22-18-14-17(15-21-16-18)20(26)25-12-10-24(11-13-25)19-6-4-3-5-7-19/h3-7,14-16,22H,8-13H2,1-2H3. The molecule has 138 valence electrons. The third-order valence-corrected chi connectivity index (χ3v) is 4.56. The van der Waals surface area contributed by atoms with Gasteiger partial charge in [-0.15, -0.1) is 0 Å². The summed E-state index contributed by atoms with van der Waals surface area (Å²) >= 11 is 0. The zero-order valence-corrected chi connectivity index (χ0v) is 15.6. The highest BCUT2D eigenvalue weighted by molar-refractivity contribution is 5.95. The monoisotopic (exact) mass is 353 g/mol. The van der Waals surface area contributed by atoms with Gasteiger partial charge in [0.05, 0.1) is 11.3 Å². The van der Waals surface area contributed by atoms with E-state index in [1.54, 1.807) is 12.4 Å². The van der Waals surface area contributed by atoms with Crippen LogP contribution in [0.15, 0.2) is 48.8 Å². The number of likely N-dealkylation sites (N-methyl/N-ethyl adjacent to an activating group) is 1. The van der Waals surface area contributed by atoms with E-state index in [0.717, 1.165) is 45.0 Å². The average molecular weight is 353 g/mol. The number of aromatic nitrogens is 1. The molecule has 26 heavy (non-hydrogen) atoms. The first-order chi connectivity index (χ1) is 12.6. The Kier molecular flexibility index (Phi) is 6.07. The molecule has 1 aliphatic rings. The molecular formula is C20H27N5O. The maximum atomic E-state index is 12.8. The summed E-state index contributed by atoms with van der Waals surface area (Å²) in [7, 11) is 4.07. The number of para-hydroxylation sites is 1. The van der Waals surface area contributed by atoms with E-state index in [2.05, 4.69) is 32.2 Å². The molecule has 3 rings (SSSR count). The SMILES string of the molecule is CN(C)CCNc1cncc(C(=O)N2CCN(c3ccccc3)CC2)c1. The second kappa shape index (κ2) is 8.67. The van der Waals surface area contributed by atoms with E-state index in [1.165, 1.54) is 5.69 Å². The van der Waals surface area contributed by atoms with Crippen LogP contribution in [0, 0.1) is 0 Å². The lowest BCUT2D eigenvalue weighted by Gasteiger charge is -2.36. The molecule has 6 heteroatoms. The third kappa shape index (κ3) is 4.73. The molecule has 0 radical (unpaired) electrons. The fraction of sp³-hybridized carbons (Fsp3) is 0.400. The van der Waals surface area contributed by atoms with Gasteiger partial charge < -0.3 is 20.0 Å². The third-order valence-electron chi connectivity index (χ3n) is 4.56. The second-order valence-electron chi connectivity index (χ2n) is 6.81. The highest BCUT2D eigenvalue weighted by atomic mass is 16.2. The molecule has 2 aromatic rings. The number of piperazine rings is 1. The normalized spacial score (nSPS) is 14.6. The summed E-state index contributed by atoms with van der Waals surface area (Å²) in [6.45, 7) is 4.91. The van der Waals surface area contributed by atoms with Crippen LogP contribution in [0.4, 0.5) is 11.4 Å². The van der Waals surface area contributed by atoms with Gasteiger partial charge in [-0.1, -0.05) is 18.2 Å². The topological polar surface area (TPSA) is 51.7 Å². The number of nitrogens with one attached hydrogen (secondary N) is 1. The number of pyridine rings is 1. The summed E-state index contributed by atoms with van der Waals surface area (Å²) in [6, 6.07) is 12.2. The highest BCUT2D eigenvalue weighted by Gasteiger charge is 2.22. The van der Waals surface area contributed by atoms with Crippen molar-refractivity contribution in [1.29, 1.82) is 0 Å². The Labute approximate surface area is 155 Å². The second-order valence-corrected chi connectivity index (χ2v) is 6.81. The van der Waals surface area contributed by atoms with E-state index >= 15 is 0 Å². The van der Waals surface area contributed by atoms with E-state index in [4.69, 9.17) is 0 Å². The summed E-state index contributed by atoms with van der Waals surface area (Å²) in [6.07, 6.45) is 3.42. The maximum absolute atomic E-state index is 12.8. The van der Waals surface area contributed by atoms with Crippen LogP contribution in [0.1, 0.15) is 10.4 Å². The van der Waals surface area contributed by atoms with Crippen molar-refractivity contribution in [2.45, 2.75) is 0 Å². The molecule has 1 saturated heterocycles. The van der Waals surface area contributed by atoms with Gasteiger partial charge in [-0.05, 0) is 32.3 Å². The van der Waals surface area contributed by atoms with Gasteiger partial charge in [0.15, 0.2) is 0 Å². The van der Waals surface area contributed by atoms with Gasteiger partial charge in [0.1, 0.15) is 0 Å². The molecule has 0 atom stereocenters. The number of carbonyl (C=O) groups excluding carboxylic acids is 1. The van der Waals surface area contributed by atoms with Crippen LogP contribution in [0.3, 0.4) is 0 Å². The van der Waals surface area contributed by atoms with Gasteiger partial charge in [-0.3, -0.25) is 9.78 Å². The molecule has 2 heterocycles. The van der Waals surface area contributed by atoms with Crippen molar-refractivity contribution >= 4 is 17.3 Å². The lowest BCUT2D eigenvalue weighted by atomic mass is 10.2. The molecule has 0 saturated carbocycles. The van der Waals surface area contributed by atoms with Crippen molar-refractivity contribution in [3.8, 4) is 0 Å². The van der Waals surface area contributed by atoms with Crippen molar-refractivity contribution in [2.75, 3.05) is 63.6 Å². The van der Waals surface area contributed by atoms with Crippen molar-refractivity contribution in [3.05, 3.63) is 54.4 Å². The molecule has 6 nitrogen and oxygen atoms in total. The Balaban J connectivity index is 1.56. The number of hydrogen-bond donors (Lipinski definition) is 1. The number of anilines is 2. The van der Waals surface area contributed by atoms with E-state index < -0.39 is 0 Å². The quantitative estimate of drug-likeness (QED) is 0.861. The number of benzene rings is 1. The van der Waals surface area contributed by atoms with Gasteiger partial charge in [0.25, 0.3) is 5.91 Å². The Hall–Kier alpha value is -2.60. The van der Waals surface area contributed by atoms with Crippen LogP contribution >= 0.6 is 0 Å². The predicted octanol–water partition coefficient (Wildman–Crippen LogP) is 2.02. The molecule has 1 aromatic heterocycles. The van der Waals surface area contributed by atoms with Crippen LogP contribution in [-0.4, -0.2) is 74.1 Å². The molecule has 0 bridgehead atoms. The first kappa shape index (κ1) is 18.2. The zero-order chi connectivity index (χ0) is 18.4. The van der Waals surface area contributed by atoms with Crippen LogP contribution in [0.5, 0.6) is 0 Å². The molecule has 1 amide bonds. The van der Waals surface area contributed by atoms with E-state index in [0.29, 0.717) is 5.56 Å². The van der Waals surface area contributed by atoms with E-state index in [1.807, 2.05) is 43.3 Å². The minimum atomic E-state index is 0.0569. The molecule has 0 spiro atoms. The van der Waals surface area contributed by atoms with Gasteiger partial charge in [-0.25, -0.2) is 0 Å². The van der Waals surface area contributed by atoms with Gasteiger partial charge >= 0.3 is 0 Å². The number of hydrogen-bond acceptors (Lipinski definition) is 5. The zero-order valence-electron chi connectivity index (χ0n) is 15.6. The fourth-order valence-electron chi connectivity index (χ4n) is 3.07. The summed E-state index contributed by atoms with van der Waals surface area (Å²) < 4.78 is 0. The Morgan fingerprint density at radius 3 is 2.54 bits per heavy atom. The van der Waals surface area contributed by atoms with Crippen LogP contribution in [0.25, 0.3) is 0 Å². The lowest BCUT2D eigenvalue weighted by Crippen LogP contribution is -2.48. The molecule has 1 aliphatic heterocycles. The minimum absolute atomic E-state index is 0.0569. The average Bonchev–Trinajstić information content (AvgIpc) is 2.68. The van der Waals surface area contributed by atoms with Crippen LogP contribution in [-0.2, 0) is 0 Å². The molecule has 1 fully saturated rings. The molecule has 1 aromatic carbocycles. The highest BCUT2D eigenvalue weighted by Crippen LogP contribution is 2.17. The van der Waals surface area contributed by atoms with Crippen molar-refractivity contribution < 1.29 is 4.79 Å². The summed E-state index contributed by atoms with van der Waals surface area (Å²) in [5.41, 5.74) is 2.75. The van der Waals surface area contributed by atoms with E-state index in [-0.39, 0.29) is 5.91 Å². The smallest absolute Gasteiger partial charge is 0.255 e. The lowest BCUT2D eigenvalue weighted by molar-refractivity contribution is 0.0746. The van der Waals surface area contributed by atoms with Crippen molar-refractivity contribution in [2.24, 2.45) is 0 Å². The molecule has 0 aliphatic carbocycles. The largest absolute Gasteiger partial charge is 0.382 e. The number of carbonyl (C=O) groups is 1. The number of rotatable bonds is 6. The Morgan fingerprint density at radius 2 is 1.85 bits per heavy atom. The molecule has 0 unspecified atom stereocenters. The number of amides is 1. The first-order valence-electron chi connectivity index (χ1n) is 9.06. The Morgan fingerprint density at radius 1 is 1.12 bits per heavy atom. The molecular weight excluding hydrogens is 326 g/mol. The fourth-order valence-corrected chi connectivity index (χ4v) is 3.07. The predicted molar refractivity (Wildman–Crippen MR) is 106 cm³/mol. The summed E-state index contributed by atoms with van der Waals surface area (Å²) in [4.78, 5) is 23.4. The van der Waals surface area contributed by atoms with Crippen LogP contribution in [0.2, 0.25) is 0 Å². The summed E-state index contributed by atoms with van der Waals surface area (Å²) in [5, 5.41) is 3.32. The van der Waals surface area contributed by atoms with Gasteiger partial charge in [0, 0.05) is 57.3 Å². The minimum Gasteiger partial charge on any atom is -0.382 e. The molecule has 1 N–H and O–H groups in total. The van der Waals surface area contributed by atoms with Crippen molar-refractivity contribution in [3.63, 3.8) is 0 Å². The van der Waals surface area contributed by atoms with E-state index in [9.17, 15) is 4.79 Å². The van der Waals surface area contributed by atoms with Gasteiger partial charge in [-0.2, -0.15) is 0 Å². The maximum Gasteiger partial charge on any atom is 0.255 e. The number of nitrogens with zero attached hydrogens (tertiary/aromatic N) is 4. The summed E-state index contributed by atoms with van der Waals surface area (Å²) in [5.74, 6) is 0.0569. The van der Waals surface area contributed by atoms with Crippen LogP contribution < -0.4 is 10.2 Å². The van der Waals surface area contributed by atoms with Gasteiger partial charge in [0.2, 0.25) is 0 Å².